The van der Waals surface area contributed by atoms with Crippen LogP contribution in [0.5, 0.6) is 5.75 Å². The Morgan fingerprint density at radius 3 is 2.95 bits per heavy atom. The Labute approximate surface area is 132 Å². The summed E-state index contributed by atoms with van der Waals surface area (Å²) in [5, 5.41) is 2.90. The van der Waals surface area contributed by atoms with E-state index in [1.165, 1.54) is 0 Å². The van der Waals surface area contributed by atoms with Gasteiger partial charge < -0.3 is 14.8 Å². The third kappa shape index (κ3) is 5.19. The molecule has 1 aromatic rings. The number of amides is 1. The summed E-state index contributed by atoms with van der Waals surface area (Å²) in [6.07, 6.45) is 2.66. The number of carbonyl (C=O) groups excluding carboxylic acids is 1. The van der Waals surface area contributed by atoms with E-state index in [1.807, 2.05) is 39.0 Å². The van der Waals surface area contributed by atoms with Gasteiger partial charge in [-0.25, -0.2) is 0 Å². The quantitative estimate of drug-likeness (QED) is 0.822. The number of ether oxygens (including phenoxy) is 2. The van der Waals surface area contributed by atoms with Crippen LogP contribution in [0.2, 0.25) is 0 Å². The number of aryl methyl sites for hydroxylation is 1. The zero-order chi connectivity index (χ0) is 15.9. The highest BCUT2D eigenvalue weighted by atomic mass is 16.5. The Morgan fingerprint density at radius 2 is 2.27 bits per heavy atom. The molecule has 0 bridgehead atoms. The maximum Gasteiger partial charge on any atom is 0.244 e. The van der Waals surface area contributed by atoms with Crippen molar-refractivity contribution >= 4 is 5.91 Å². The van der Waals surface area contributed by atoms with Gasteiger partial charge in [-0.15, -0.1) is 0 Å². The molecule has 1 fully saturated rings. The van der Waals surface area contributed by atoms with Gasteiger partial charge in [-0.2, -0.15) is 0 Å². The van der Waals surface area contributed by atoms with Gasteiger partial charge >= 0.3 is 0 Å². The van der Waals surface area contributed by atoms with E-state index >= 15 is 0 Å². The largest absolute Gasteiger partial charge is 0.493 e. The lowest BCUT2D eigenvalue weighted by molar-refractivity contribution is -0.116. The molecule has 0 saturated carbocycles. The van der Waals surface area contributed by atoms with E-state index in [0.717, 1.165) is 42.1 Å². The molecule has 4 nitrogen and oxygen atoms in total. The summed E-state index contributed by atoms with van der Waals surface area (Å²) in [7, 11) is 0. The summed E-state index contributed by atoms with van der Waals surface area (Å²) >= 11 is 0. The van der Waals surface area contributed by atoms with Crippen LogP contribution in [0.25, 0.3) is 0 Å². The van der Waals surface area contributed by atoms with Crippen LogP contribution in [-0.4, -0.2) is 25.7 Å². The number of benzene rings is 1. The fourth-order valence-electron chi connectivity index (χ4n) is 2.36. The van der Waals surface area contributed by atoms with Crippen molar-refractivity contribution in [3.63, 3.8) is 0 Å². The topological polar surface area (TPSA) is 47.6 Å². The average Bonchev–Trinajstić information content (AvgIpc) is 2.96. The molecule has 1 saturated heterocycles. The Bertz CT molecular complexity index is 541. The summed E-state index contributed by atoms with van der Waals surface area (Å²) in [5.74, 6) is 1.24. The molecular weight excluding hydrogens is 278 g/mol. The van der Waals surface area contributed by atoms with Crippen LogP contribution >= 0.6 is 0 Å². The average molecular weight is 303 g/mol. The summed E-state index contributed by atoms with van der Waals surface area (Å²) in [4.78, 5) is 11.7. The number of nitrogens with one attached hydrogen (secondary N) is 1. The molecule has 1 amide bonds. The van der Waals surface area contributed by atoms with Gasteiger partial charge in [-0.3, -0.25) is 4.79 Å². The van der Waals surface area contributed by atoms with Gasteiger partial charge in [0, 0.05) is 30.7 Å². The van der Waals surface area contributed by atoms with E-state index in [4.69, 9.17) is 9.47 Å². The van der Waals surface area contributed by atoms with Gasteiger partial charge in [0.1, 0.15) is 5.75 Å². The molecule has 0 radical (unpaired) electrons. The van der Waals surface area contributed by atoms with Crippen LogP contribution < -0.4 is 10.1 Å². The van der Waals surface area contributed by atoms with E-state index in [9.17, 15) is 4.79 Å². The number of allylic oxidation sites excluding steroid dienone is 1. The van der Waals surface area contributed by atoms with Gasteiger partial charge in [0.2, 0.25) is 5.91 Å². The zero-order valence-electron chi connectivity index (χ0n) is 13.6. The lowest BCUT2D eigenvalue weighted by atomic mass is 10.1. The van der Waals surface area contributed by atoms with Crippen molar-refractivity contribution in [1.82, 2.24) is 5.32 Å². The van der Waals surface area contributed by atoms with Crippen LogP contribution in [0, 0.1) is 12.8 Å². The van der Waals surface area contributed by atoms with E-state index in [1.54, 1.807) is 6.08 Å². The van der Waals surface area contributed by atoms with Gasteiger partial charge in [0.05, 0.1) is 13.2 Å². The second-order valence-electron chi connectivity index (χ2n) is 6.09. The van der Waals surface area contributed by atoms with Crippen LogP contribution in [0.1, 0.15) is 31.4 Å². The molecule has 4 heteroatoms. The number of carbonyl (C=O) groups is 1. The van der Waals surface area contributed by atoms with Crippen LogP contribution in [0.4, 0.5) is 0 Å². The fraction of sp³-hybridized carbons (Fsp3) is 0.500. The first-order valence-corrected chi connectivity index (χ1v) is 7.77. The molecule has 1 N–H and O–H groups in total. The highest BCUT2D eigenvalue weighted by Crippen LogP contribution is 2.22. The molecule has 1 aliphatic heterocycles. The maximum absolute atomic E-state index is 11.7. The van der Waals surface area contributed by atoms with Crippen molar-refractivity contribution < 1.29 is 14.3 Å². The second-order valence-corrected chi connectivity index (χ2v) is 6.09. The van der Waals surface area contributed by atoms with E-state index < -0.39 is 0 Å². The number of hydrogen-bond acceptors (Lipinski definition) is 3. The molecule has 1 heterocycles. The molecule has 1 aromatic carbocycles. The number of rotatable bonds is 6. The Morgan fingerprint density at radius 1 is 1.45 bits per heavy atom. The first-order chi connectivity index (χ1) is 10.5. The molecule has 1 atom stereocenters. The lowest BCUT2D eigenvalue weighted by Crippen LogP contribution is -2.21. The molecule has 120 valence electrons. The van der Waals surface area contributed by atoms with E-state index in [2.05, 4.69) is 5.32 Å². The van der Waals surface area contributed by atoms with Gasteiger partial charge in [0.25, 0.3) is 0 Å². The molecule has 0 aliphatic carbocycles. The highest BCUT2D eigenvalue weighted by Gasteiger charge is 2.17. The molecule has 22 heavy (non-hydrogen) atoms. The molecular formula is C18H25NO3. The molecule has 1 aliphatic rings. The zero-order valence-corrected chi connectivity index (χ0v) is 13.6. The Balaban J connectivity index is 1.97. The van der Waals surface area contributed by atoms with Crippen molar-refractivity contribution in [2.75, 3.05) is 19.8 Å². The monoisotopic (exact) mass is 303 g/mol. The molecule has 0 unspecified atom stereocenters. The van der Waals surface area contributed by atoms with E-state index in [0.29, 0.717) is 19.1 Å². The van der Waals surface area contributed by atoms with Crippen LogP contribution in [0.3, 0.4) is 0 Å². The van der Waals surface area contributed by atoms with Gasteiger partial charge in [0.15, 0.2) is 0 Å². The summed E-state index contributed by atoms with van der Waals surface area (Å²) in [5.41, 5.74) is 3.14. The third-order valence-corrected chi connectivity index (χ3v) is 3.59. The van der Waals surface area contributed by atoms with Crippen molar-refractivity contribution in [3.8, 4) is 5.75 Å². The summed E-state index contributed by atoms with van der Waals surface area (Å²) in [6, 6.07) is 6.07. The van der Waals surface area contributed by atoms with Crippen LogP contribution in [0.15, 0.2) is 29.8 Å². The standard InChI is InChI=1S/C18H25NO3/c1-13(2)8-18(20)19-10-16-5-4-14(3)9-17(16)22-12-15-6-7-21-11-15/h4-5,8-9,15H,6-7,10-12H2,1-3H3,(H,19,20)/t15-/m0/s1. The summed E-state index contributed by atoms with van der Waals surface area (Å²) in [6.45, 7) is 8.59. The minimum atomic E-state index is -0.0734. The first kappa shape index (κ1) is 16.6. The first-order valence-electron chi connectivity index (χ1n) is 7.77. The van der Waals surface area contributed by atoms with Crippen molar-refractivity contribution in [2.45, 2.75) is 33.7 Å². The smallest absolute Gasteiger partial charge is 0.244 e. The summed E-state index contributed by atoms with van der Waals surface area (Å²) < 4.78 is 11.3. The van der Waals surface area contributed by atoms with Crippen molar-refractivity contribution in [1.29, 1.82) is 0 Å². The second kappa shape index (κ2) is 7.99. The minimum Gasteiger partial charge on any atom is -0.493 e. The molecule has 0 aromatic heterocycles. The van der Waals surface area contributed by atoms with Crippen molar-refractivity contribution in [2.24, 2.45) is 5.92 Å². The van der Waals surface area contributed by atoms with Crippen molar-refractivity contribution in [3.05, 3.63) is 41.0 Å². The SMILES string of the molecule is CC(C)=CC(=O)NCc1ccc(C)cc1OC[C@H]1CCOC1. The predicted molar refractivity (Wildman–Crippen MR) is 86.9 cm³/mol. The molecule has 2 rings (SSSR count). The minimum absolute atomic E-state index is 0.0734. The third-order valence-electron chi connectivity index (χ3n) is 3.59. The predicted octanol–water partition coefficient (Wildman–Crippen LogP) is 2.99. The van der Waals surface area contributed by atoms with E-state index in [-0.39, 0.29) is 5.91 Å². The van der Waals surface area contributed by atoms with Crippen LogP contribution in [-0.2, 0) is 16.1 Å². The maximum atomic E-state index is 11.7. The molecule has 0 spiro atoms. The van der Waals surface area contributed by atoms with Gasteiger partial charge in [-0.1, -0.05) is 17.7 Å². The normalized spacial score (nSPS) is 17.1. The Hall–Kier alpha value is -1.81. The Kier molecular flexibility index (Phi) is 6.01. The fourth-order valence-corrected chi connectivity index (χ4v) is 2.36. The van der Waals surface area contributed by atoms with Gasteiger partial charge in [-0.05, 0) is 38.8 Å². The lowest BCUT2D eigenvalue weighted by Gasteiger charge is -2.15. The number of hydrogen-bond donors (Lipinski definition) is 1. The highest BCUT2D eigenvalue weighted by molar-refractivity contribution is 5.88.